The molecule has 0 radical (unpaired) electrons. The molecule has 1 unspecified atom stereocenters. The SMILES string of the molecule is CCNC(Cc1cccc(Br)c1)c1ccc(Cl)cc1Cl. The predicted molar refractivity (Wildman–Crippen MR) is 90.7 cm³/mol. The van der Waals surface area contributed by atoms with Gasteiger partial charge in [-0.3, -0.25) is 0 Å². The molecule has 0 spiro atoms. The van der Waals surface area contributed by atoms with Gasteiger partial charge in [-0.15, -0.1) is 0 Å². The van der Waals surface area contributed by atoms with Crippen molar-refractivity contribution in [3.05, 3.63) is 68.1 Å². The molecule has 2 aromatic rings. The summed E-state index contributed by atoms with van der Waals surface area (Å²) in [5.74, 6) is 0. The van der Waals surface area contributed by atoms with Crippen LogP contribution >= 0.6 is 39.1 Å². The van der Waals surface area contributed by atoms with Crippen molar-refractivity contribution >= 4 is 39.1 Å². The van der Waals surface area contributed by atoms with Crippen LogP contribution in [0, 0.1) is 0 Å². The maximum Gasteiger partial charge on any atom is 0.0468 e. The summed E-state index contributed by atoms with van der Waals surface area (Å²) in [6.07, 6.45) is 0.884. The molecule has 0 amide bonds. The van der Waals surface area contributed by atoms with Crippen LogP contribution in [-0.4, -0.2) is 6.54 Å². The normalized spacial score (nSPS) is 12.4. The van der Waals surface area contributed by atoms with Crippen LogP contribution in [0.2, 0.25) is 10.0 Å². The monoisotopic (exact) mass is 371 g/mol. The second-order valence-corrected chi connectivity index (χ2v) is 6.37. The van der Waals surface area contributed by atoms with E-state index in [1.54, 1.807) is 6.07 Å². The predicted octanol–water partition coefficient (Wildman–Crippen LogP) is 5.65. The zero-order chi connectivity index (χ0) is 14.5. The van der Waals surface area contributed by atoms with Crippen molar-refractivity contribution in [3.63, 3.8) is 0 Å². The molecule has 1 N–H and O–H groups in total. The molecule has 0 aliphatic heterocycles. The maximum absolute atomic E-state index is 6.32. The minimum absolute atomic E-state index is 0.180. The van der Waals surface area contributed by atoms with E-state index in [9.17, 15) is 0 Å². The van der Waals surface area contributed by atoms with E-state index in [1.807, 2.05) is 24.3 Å². The summed E-state index contributed by atoms with van der Waals surface area (Å²) in [5, 5.41) is 4.85. The van der Waals surface area contributed by atoms with Crippen molar-refractivity contribution in [1.29, 1.82) is 0 Å². The van der Waals surface area contributed by atoms with E-state index in [0.717, 1.165) is 23.0 Å². The van der Waals surface area contributed by atoms with Crippen molar-refractivity contribution in [2.75, 3.05) is 6.54 Å². The third kappa shape index (κ3) is 4.23. The zero-order valence-corrected chi connectivity index (χ0v) is 14.3. The van der Waals surface area contributed by atoms with E-state index >= 15 is 0 Å². The van der Waals surface area contributed by atoms with Gasteiger partial charge in [-0.05, 0) is 48.4 Å². The molecule has 1 atom stereocenters. The zero-order valence-electron chi connectivity index (χ0n) is 11.2. The second-order valence-electron chi connectivity index (χ2n) is 4.61. The van der Waals surface area contributed by atoms with E-state index in [0.29, 0.717) is 10.0 Å². The van der Waals surface area contributed by atoms with Gasteiger partial charge in [-0.1, -0.05) is 64.3 Å². The Bertz CT molecular complexity index is 586. The molecular formula is C16H16BrCl2N. The molecule has 0 saturated carbocycles. The summed E-state index contributed by atoms with van der Waals surface area (Å²) < 4.78 is 1.09. The van der Waals surface area contributed by atoms with Gasteiger partial charge in [0, 0.05) is 20.6 Å². The first kappa shape index (κ1) is 15.8. The molecule has 20 heavy (non-hydrogen) atoms. The molecular weight excluding hydrogens is 357 g/mol. The molecule has 106 valence electrons. The Balaban J connectivity index is 2.26. The molecule has 0 bridgehead atoms. The van der Waals surface area contributed by atoms with Crippen LogP contribution in [0.15, 0.2) is 46.9 Å². The lowest BCUT2D eigenvalue weighted by Crippen LogP contribution is -2.23. The van der Waals surface area contributed by atoms with Gasteiger partial charge in [0.2, 0.25) is 0 Å². The lowest BCUT2D eigenvalue weighted by atomic mass is 9.99. The fourth-order valence-electron chi connectivity index (χ4n) is 2.22. The van der Waals surface area contributed by atoms with E-state index < -0.39 is 0 Å². The van der Waals surface area contributed by atoms with Gasteiger partial charge in [0.15, 0.2) is 0 Å². The smallest absolute Gasteiger partial charge is 0.0468 e. The summed E-state index contributed by atoms with van der Waals surface area (Å²) in [4.78, 5) is 0. The second kappa shape index (κ2) is 7.46. The number of nitrogens with one attached hydrogen (secondary N) is 1. The summed E-state index contributed by atoms with van der Waals surface area (Å²) in [6, 6.07) is 14.2. The molecule has 0 aliphatic rings. The van der Waals surface area contributed by atoms with Crippen molar-refractivity contribution in [2.24, 2.45) is 0 Å². The van der Waals surface area contributed by atoms with Crippen LogP contribution in [0.5, 0.6) is 0 Å². The van der Waals surface area contributed by atoms with Gasteiger partial charge >= 0.3 is 0 Å². The Morgan fingerprint density at radius 2 is 1.95 bits per heavy atom. The largest absolute Gasteiger partial charge is 0.310 e. The van der Waals surface area contributed by atoms with Gasteiger partial charge in [-0.25, -0.2) is 0 Å². The molecule has 4 heteroatoms. The highest BCUT2D eigenvalue weighted by atomic mass is 79.9. The third-order valence-electron chi connectivity index (χ3n) is 3.12. The average Bonchev–Trinajstić information content (AvgIpc) is 2.38. The summed E-state index contributed by atoms with van der Waals surface area (Å²) in [6.45, 7) is 2.98. The van der Waals surface area contributed by atoms with E-state index in [1.165, 1.54) is 5.56 Å². The van der Waals surface area contributed by atoms with Crippen LogP contribution in [0.1, 0.15) is 24.1 Å². The average molecular weight is 373 g/mol. The first-order chi connectivity index (χ1) is 9.60. The van der Waals surface area contributed by atoms with Crippen LogP contribution in [0.25, 0.3) is 0 Å². The van der Waals surface area contributed by atoms with E-state index in [-0.39, 0.29) is 6.04 Å². The molecule has 0 aliphatic carbocycles. The lowest BCUT2D eigenvalue weighted by molar-refractivity contribution is 0.550. The Morgan fingerprint density at radius 1 is 1.15 bits per heavy atom. The fraction of sp³-hybridized carbons (Fsp3) is 0.250. The number of benzene rings is 2. The van der Waals surface area contributed by atoms with Crippen molar-refractivity contribution < 1.29 is 0 Å². The molecule has 0 saturated heterocycles. The summed E-state index contributed by atoms with van der Waals surface area (Å²) in [5.41, 5.74) is 2.34. The molecule has 1 nitrogen and oxygen atoms in total. The Morgan fingerprint density at radius 3 is 2.60 bits per heavy atom. The van der Waals surface area contributed by atoms with Gasteiger partial charge in [0.05, 0.1) is 0 Å². The number of rotatable bonds is 5. The van der Waals surface area contributed by atoms with Crippen LogP contribution in [0.4, 0.5) is 0 Å². The minimum Gasteiger partial charge on any atom is -0.310 e. The Hall–Kier alpha value is -0.540. The number of halogens is 3. The topological polar surface area (TPSA) is 12.0 Å². The maximum atomic E-state index is 6.32. The van der Waals surface area contributed by atoms with Crippen LogP contribution < -0.4 is 5.32 Å². The number of likely N-dealkylation sites (N-methyl/N-ethyl adjacent to an activating group) is 1. The Labute approximate surface area is 138 Å². The fourth-order valence-corrected chi connectivity index (χ4v) is 3.21. The molecule has 2 aromatic carbocycles. The molecule has 0 aromatic heterocycles. The molecule has 0 heterocycles. The highest BCUT2D eigenvalue weighted by Crippen LogP contribution is 2.29. The molecule has 2 rings (SSSR count). The summed E-state index contributed by atoms with van der Waals surface area (Å²) in [7, 11) is 0. The lowest BCUT2D eigenvalue weighted by Gasteiger charge is -2.20. The Kier molecular flexibility index (Phi) is 5.91. The number of hydrogen-bond donors (Lipinski definition) is 1. The van der Waals surface area contributed by atoms with Gasteiger partial charge < -0.3 is 5.32 Å². The van der Waals surface area contributed by atoms with Crippen LogP contribution in [0.3, 0.4) is 0 Å². The minimum atomic E-state index is 0.180. The van der Waals surface area contributed by atoms with Crippen molar-refractivity contribution in [3.8, 4) is 0 Å². The third-order valence-corrected chi connectivity index (χ3v) is 4.17. The van der Waals surface area contributed by atoms with Crippen molar-refractivity contribution in [1.82, 2.24) is 5.32 Å². The van der Waals surface area contributed by atoms with Crippen LogP contribution in [-0.2, 0) is 6.42 Å². The van der Waals surface area contributed by atoms with Gasteiger partial charge in [0.25, 0.3) is 0 Å². The highest BCUT2D eigenvalue weighted by Gasteiger charge is 2.15. The number of hydrogen-bond acceptors (Lipinski definition) is 1. The first-order valence-corrected chi connectivity index (χ1v) is 8.08. The highest BCUT2D eigenvalue weighted by molar-refractivity contribution is 9.10. The first-order valence-electron chi connectivity index (χ1n) is 6.53. The van der Waals surface area contributed by atoms with E-state index in [4.69, 9.17) is 23.2 Å². The van der Waals surface area contributed by atoms with Gasteiger partial charge in [-0.2, -0.15) is 0 Å². The quantitative estimate of drug-likeness (QED) is 0.714. The standard InChI is InChI=1S/C16H16BrCl2N/c1-2-20-16(9-11-4-3-5-12(17)8-11)14-7-6-13(18)10-15(14)19/h3-8,10,16,20H,2,9H2,1H3. The van der Waals surface area contributed by atoms with Gasteiger partial charge in [0.1, 0.15) is 0 Å². The summed E-state index contributed by atoms with van der Waals surface area (Å²) >= 11 is 15.8. The van der Waals surface area contributed by atoms with E-state index in [2.05, 4.69) is 40.3 Å². The van der Waals surface area contributed by atoms with Crippen molar-refractivity contribution in [2.45, 2.75) is 19.4 Å². The molecule has 0 fully saturated rings.